The average Bonchev–Trinajstić information content (AvgIpc) is 3.05. The van der Waals surface area contributed by atoms with Crippen LogP contribution in [0, 0.1) is 0 Å². The summed E-state index contributed by atoms with van der Waals surface area (Å²) in [5.74, 6) is 1.08. The standard InChI is InChI=1S/C19H28N2O3/c22-18-9-4-8-17(18)20-11-13-21(14-12-20)19(23)10-5-15-24-16-6-2-1-3-7-16/h1-3,6-7,17-18,22H,4-5,8-15H2/t17-,18-/m1/s1. The third-order valence-electron chi connectivity index (χ3n) is 5.13. The highest BCUT2D eigenvalue weighted by molar-refractivity contribution is 5.76. The van der Waals surface area contributed by atoms with Crippen molar-refractivity contribution in [3.63, 3.8) is 0 Å². The normalized spacial score (nSPS) is 25.0. The maximum absolute atomic E-state index is 12.3. The zero-order chi connectivity index (χ0) is 16.8. The summed E-state index contributed by atoms with van der Waals surface area (Å²) in [5, 5.41) is 10.0. The van der Waals surface area contributed by atoms with Crippen molar-refractivity contribution in [2.45, 2.75) is 44.2 Å². The minimum atomic E-state index is -0.178. The molecule has 5 nitrogen and oxygen atoms in total. The Labute approximate surface area is 144 Å². The highest BCUT2D eigenvalue weighted by Gasteiger charge is 2.33. The van der Waals surface area contributed by atoms with Crippen molar-refractivity contribution in [2.75, 3.05) is 32.8 Å². The van der Waals surface area contributed by atoms with Gasteiger partial charge in [0, 0.05) is 38.6 Å². The maximum Gasteiger partial charge on any atom is 0.222 e. The SMILES string of the molecule is O=C(CCCOc1ccccc1)N1CCN([C@@H]2CCC[C@H]2O)CC1. The molecule has 1 amide bonds. The summed E-state index contributed by atoms with van der Waals surface area (Å²) in [6.07, 6.45) is 4.24. The number of ether oxygens (including phenoxy) is 1. The van der Waals surface area contributed by atoms with E-state index < -0.39 is 0 Å². The number of rotatable bonds is 6. The second kappa shape index (κ2) is 8.49. The lowest BCUT2D eigenvalue weighted by Gasteiger charge is -2.39. The van der Waals surface area contributed by atoms with E-state index in [1.165, 1.54) is 0 Å². The van der Waals surface area contributed by atoms with E-state index in [2.05, 4.69) is 4.90 Å². The number of para-hydroxylation sites is 1. The van der Waals surface area contributed by atoms with Crippen molar-refractivity contribution in [2.24, 2.45) is 0 Å². The lowest BCUT2D eigenvalue weighted by Crippen LogP contribution is -2.53. The summed E-state index contributed by atoms with van der Waals surface area (Å²) in [7, 11) is 0. The second-order valence-corrected chi connectivity index (χ2v) is 6.75. The summed E-state index contributed by atoms with van der Waals surface area (Å²) in [5.41, 5.74) is 0. The summed E-state index contributed by atoms with van der Waals surface area (Å²) in [6.45, 7) is 3.90. The molecule has 1 aromatic rings. The Morgan fingerprint density at radius 2 is 1.88 bits per heavy atom. The fourth-order valence-electron chi connectivity index (χ4n) is 3.74. The van der Waals surface area contributed by atoms with Crippen molar-refractivity contribution in [3.05, 3.63) is 30.3 Å². The number of carbonyl (C=O) groups is 1. The molecule has 5 heteroatoms. The van der Waals surface area contributed by atoms with Gasteiger partial charge in [0.1, 0.15) is 5.75 Å². The van der Waals surface area contributed by atoms with Crippen LogP contribution in [0.2, 0.25) is 0 Å². The number of amides is 1. The quantitative estimate of drug-likeness (QED) is 0.809. The third-order valence-corrected chi connectivity index (χ3v) is 5.13. The smallest absolute Gasteiger partial charge is 0.222 e. The van der Waals surface area contributed by atoms with Crippen LogP contribution < -0.4 is 4.74 Å². The number of aliphatic hydroxyl groups is 1. The molecule has 1 saturated heterocycles. The molecule has 0 spiro atoms. The first-order valence-corrected chi connectivity index (χ1v) is 9.12. The van der Waals surface area contributed by atoms with Crippen LogP contribution in [0.4, 0.5) is 0 Å². The zero-order valence-corrected chi connectivity index (χ0v) is 14.3. The average molecular weight is 332 g/mol. The Morgan fingerprint density at radius 3 is 2.54 bits per heavy atom. The van der Waals surface area contributed by atoms with Gasteiger partial charge >= 0.3 is 0 Å². The summed E-state index contributed by atoms with van der Waals surface area (Å²) >= 11 is 0. The number of nitrogens with zero attached hydrogens (tertiary/aromatic N) is 2. The van der Waals surface area contributed by atoms with E-state index in [0.29, 0.717) is 19.1 Å². The van der Waals surface area contributed by atoms with Crippen LogP contribution in [-0.2, 0) is 4.79 Å². The second-order valence-electron chi connectivity index (χ2n) is 6.75. The van der Waals surface area contributed by atoms with Gasteiger partial charge in [-0.25, -0.2) is 0 Å². The Balaban J connectivity index is 1.33. The van der Waals surface area contributed by atoms with Crippen molar-refractivity contribution < 1.29 is 14.6 Å². The van der Waals surface area contributed by atoms with Crippen LogP contribution in [0.1, 0.15) is 32.1 Å². The van der Waals surface area contributed by atoms with E-state index in [1.807, 2.05) is 35.2 Å². The number of hydrogen-bond donors (Lipinski definition) is 1. The maximum atomic E-state index is 12.3. The molecule has 1 aliphatic carbocycles. The first-order valence-electron chi connectivity index (χ1n) is 9.12. The predicted octanol–water partition coefficient (Wildman–Crippen LogP) is 1.90. The Morgan fingerprint density at radius 1 is 1.12 bits per heavy atom. The molecule has 1 heterocycles. The molecular weight excluding hydrogens is 304 g/mol. The molecule has 1 aliphatic heterocycles. The monoisotopic (exact) mass is 332 g/mol. The first-order chi connectivity index (χ1) is 11.7. The molecule has 2 fully saturated rings. The molecule has 0 aromatic heterocycles. The van der Waals surface area contributed by atoms with Crippen LogP contribution in [0.25, 0.3) is 0 Å². The van der Waals surface area contributed by atoms with Gasteiger partial charge in [0.2, 0.25) is 5.91 Å². The van der Waals surface area contributed by atoms with E-state index in [0.717, 1.165) is 57.6 Å². The van der Waals surface area contributed by atoms with Crippen LogP contribution in [0.15, 0.2) is 30.3 Å². The van der Waals surface area contributed by atoms with Gasteiger partial charge in [-0.15, -0.1) is 0 Å². The van der Waals surface area contributed by atoms with Crippen molar-refractivity contribution >= 4 is 5.91 Å². The largest absolute Gasteiger partial charge is 0.494 e. The molecule has 3 rings (SSSR count). The zero-order valence-electron chi connectivity index (χ0n) is 14.3. The van der Waals surface area contributed by atoms with Gasteiger partial charge in [-0.05, 0) is 37.8 Å². The molecule has 0 unspecified atom stereocenters. The Kier molecular flexibility index (Phi) is 6.10. The molecule has 1 saturated carbocycles. The van der Waals surface area contributed by atoms with Crippen LogP contribution >= 0.6 is 0 Å². The molecular formula is C19H28N2O3. The minimum Gasteiger partial charge on any atom is -0.494 e. The van der Waals surface area contributed by atoms with Crippen LogP contribution in [0.5, 0.6) is 5.75 Å². The van der Waals surface area contributed by atoms with E-state index in [9.17, 15) is 9.90 Å². The molecule has 1 aromatic carbocycles. The lowest BCUT2D eigenvalue weighted by atomic mass is 10.1. The molecule has 2 atom stereocenters. The highest BCUT2D eigenvalue weighted by atomic mass is 16.5. The topological polar surface area (TPSA) is 53.0 Å². The van der Waals surface area contributed by atoms with Crippen molar-refractivity contribution in [1.29, 1.82) is 0 Å². The number of hydrogen-bond acceptors (Lipinski definition) is 4. The van der Waals surface area contributed by atoms with Gasteiger partial charge in [0.25, 0.3) is 0 Å². The number of piperazine rings is 1. The van der Waals surface area contributed by atoms with E-state index in [-0.39, 0.29) is 12.0 Å². The molecule has 0 radical (unpaired) electrons. The Bertz CT molecular complexity index is 515. The fraction of sp³-hybridized carbons (Fsp3) is 0.632. The lowest BCUT2D eigenvalue weighted by molar-refractivity contribution is -0.133. The van der Waals surface area contributed by atoms with Crippen LogP contribution in [-0.4, -0.2) is 65.7 Å². The Hall–Kier alpha value is -1.59. The van der Waals surface area contributed by atoms with Gasteiger partial charge in [0.15, 0.2) is 0 Å². The van der Waals surface area contributed by atoms with Gasteiger partial charge in [0.05, 0.1) is 12.7 Å². The summed E-state index contributed by atoms with van der Waals surface area (Å²) < 4.78 is 5.63. The molecule has 24 heavy (non-hydrogen) atoms. The molecule has 0 bridgehead atoms. The van der Waals surface area contributed by atoms with E-state index >= 15 is 0 Å². The summed E-state index contributed by atoms with van der Waals surface area (Å²) in [6, 6.07) is 10.0. The fourth-order valence-corrected chi connectivity index (χ4v) is 3.74. The number of carbonyl (C=O) groups excluding carboxylic acids is 1. The first kappa shape index (κ1) is 17.2. The summed E-state index contributed by atoms with van der Waals surface area (Å²) in [4.78, 5) is 16.6. The number of benzene rings is 1. The van der Waals surface area contributed by atoms with Gasteiger partial charge in [-0.3, -0.25) is 9.69 Å². The van der Waals surface area contributed by atoms with Crippen molar-refractivity contribution in [1.82, 2.24) is 9.80 Å². The molecule has 132 valence electrons. The molecule has 1 N–H and O–H groups in total. The predicted molar refractivity (Wildman–Crippen MR) is 93.0 cm³/mol. The minimum absolute atomic E-state index is 0.178. The van der Waals surface area contributed by atoms with E-state index in [4.69, 9.17) is 4.74 Å². The molecule has 2 aliphatic rings. The van der Waals surface area contributed by atoms with Crippen molar-refractivity contribution in [3.8, 4) is 5.75 Å². The van der Waals surface area contributed by atoms with Crippen LogP contribution in [0.3, 0.4) is 0 Å². The van der Waals surface area contributed by atoms with Gasteiger partial charge in [-0.2, -0.15) is 0 Å². The van der Waals surface area contributed by atoms with Gasteiger partial charge in [-0.1, -0.05) is 18.2 Å². The third kappa shape index (κ3) is 4.48. The highest BCUT2D eigenvalue weighted by Crippen LogP contribution is 2.25. The van der Waals surface area contributed by atoms with E-state index in [1.54, 1.807) is 0 Å². The van der Waals surface area contributed by atoms with Gasteiger partial charge < -0.3 is 14.7 Å². The number of aliphatic hydroxyl groups excluding tert-OH is 1.